The van der Waals surface area contributed by atoms with E-state index in [2.05, 4.69) is 19.1 Å². The average Bonchev–Trinajstić information content (AvgIpc) is 1.91. The van der Waals surface area contributed by atoms with Crippen LogP contribution < -0.4 is 0 Å². The summed E-state index contributed by atoms with van der Waals surface area (Å²) < 4.78 is 11.5. The Morgan fingerprint density at radius 3 is 2.33 bits per heavy atom. The first-order valence-electron chi connectivity index (χ1n) is 4.07. The molecule has 0 atom stereocenters. The summed E-state index contributed by atoms with van der Waals surface area (Å²) >= 11 is 0. The minimum Gasteiger partial charge on any atom is -0.324 e. The molecule has 0 aliphatic heterocycles. The third-order valence-electron chi connectivity index (χ3n) is 1.81. The maximum atomic E-state index is 11.5. The summed E-state index contributed by atoms with van der Waals surface area (Å²) in [5.74, 6) is 0. The van der Waals surface area contributed by atoms with E-state index in [-0.39, 0.29) is 0 Å². The summed E-state index contributed by atoms with van der Waals surface area (Å²) in [5.41, 5.74) is 2.45. The van der Waals surface area contributed by atoms with Crippen LogP contribution in [0.25, 0.3) is 0 Å². The molecule has 0 amide bonds. The number of rotatable bonds is 2. The molecule has 12 heavy (non-hydrogen) atoms. The molecular weight excluding hydrogens is 167 g/mol. The normalized spacial score (nSPS) is 11.6. The monoisotopic (exact) mass is 182 g/mol. The van der Waals surface area contributed by atoms with Crippen molar-refractivity contribution < 1.29 is 4.57 Å². The molecule has 0 fully saturated rings. The van der Waals surface area contributed by atoms with E-state index in [1.165, 1.54) is 11.1 Å². The molecule has 0 N–H and O–H groups in total. The van der Waals surface area contributed by atoms with Gasteiger partial charge in [-0.25, -0.2) is 0 Å². The highest BCUT2D eigenvalue weighted by Crippen LogP contribution is 2.40. The largest absolute Gasteiger partial charge is 0.324 e. The van der Waals surface area contributed by atoms with Gasteiger partial charge in [-0.15, -0.1) is 0 Å². The van der Waals surface area contributed by atoms with E-state index >= 15 is 0 Å². The molecule has 1 nitrogen and oxygen atoms in total. The van der Waals surface area contributed by atoms with Crippen LogP contribution in [-0.2, 0) is 10.7 Å². The zero-order valence-corrected chi connectivity index (χ0v) is 8.77. The van der Waals surface area contributed by atoms with Crippen molar-refractivity contribution in [3.05, 3.63) is 35.4 Å². The van der Waals surface area contributed by atoms with Gasteiger partial charge in [0.1, 0.15) is 0 Å². The smallest absolute Gasteiger partial charge is 0.0861 e. The summed E-state index contributed by atoms with van der Waals surface area (Å²) in [5, 5.41) is 0. The number of aryl methyl sites for hydroxylation is 1. The number of hydrogen-bond donors (Lipinski definition) is 0. The topological polar surface area (TPSA) is 17.1 Å². The van der Waals surface area contributed by atoms with Crippen LogP contribution in [0.5, 0.6) is 0 Å². The minimum atomic E-state index is -1.91. The summed E-state index contributed by atoms with van der Waals surface area (Å²) in [4.78, 5) is 0. The molecule has 0 saturated carbocycles. The molecule has 2 heteroatoms. The number of benzene rings is 1. The number of hydrogen-bond acceptors (Lipinski definition) is 1. The standard InChI is InChI=1S/C10H15OP/c1-9-6-4-5-7-10(9)8-12(2,3)11/h4-7H,8H2,1-3H3. The van der Waals surface area contributed by atoms with Crippen LogP contribution in [0.1, 0.15) is 11.1 Å². The van der Waals surface area contributed by atoms with Crippen molar-refractivity contribution in [2.24, 2.45) is 0 Å². The molecule has 0 spiro atoms. The molecule has 1 aromatic rings. The first-order chi connectivity index (χ1) is 5.49. The Hall–Kier alpha value is -0.550. The fourth-order valence-corrected chi connectivity index (χ4v) is 2.37. The van der Waals surface area contributed by atoms with E-state index in [0.717, 1.165) is 6.16 Å². The fraction of sp³-hybridized carbons (Fsp3) is 0.400. The minimum absolute atomic E-state index is 0.722. The zero-order valence-electron chi connectivity index (χ0n) is 7.87. The van der Waals surface area contributed by atoms with Crippen molar-refractivity contribution >= 4 is 7.14 Å². The molecule has 0 saturated heterocycles. The van der Waals surface area contributed by atoms with E-state index in [4.69, 9.17) is 0 Å². The third-order valence-corrected chi connectivity index (χ3v) is 2.91. The van der Waals surface area contributed by atoms with Crippen molar-refractivity contribution in [2.45, 2.75) is 13.1 Å². The van der Waals surface area contributed by atoms with Crippen LogP contribution in [0, 0.1) is 6.92 Å². The van der Waals surface area contributed by atoms with Crippen molar-refractivity contribution in [3.63, 3.8) is 0 Å². The van der Waals surface area contributed by atoms with Gasteiger partial charge in [-0.3, -0.25) is 0 Å². The Balaban J connectivity index is 2.90. The highest BCUT2D eigenvalue weighted by molar-refractivity contribution is 7.61. The van der Waals surface area contributed by atoms with Crippen LogP contribution in [0.4, 0.5) is 0 Å². The first kappa shape index (κ1) is 9.54. The van der Waals surface area contributed by atoms with Crippen molar-refractivity contribution in [2.75, 3.05) is 13.3 Å². The molecule has 0 aromatic heterocycles. The molecule has 0 unspecified atom stereocenters. The Bertz CT molecular complexity index is 311. The summed E-state index contributed by atoms with van der Waals surface area (Å²) in [7, 11) is -1.91. The van der Waals surface area contributed by atoms with E-state index < -0.39 is 7.14 Å². The van der Waals surface area contributed by atoms with Crippen LogP contribution >= 0.6 is 7.14 Å². The van der Waals surface area contributed by atoms with Crippen molar-refractivity contribution in [3.8, 4) is 0 Å². The maximum absolute atomic E-state index is 11.5. The Morgan fingerprint density at radius 1 is 1.25 bits per heavy atom. The second kappa shape index (κ2) is 3.45. The van der Waals surface area contributed by atoms with Gasteiger partial charge in [0.2, 0.25) is 0 Å². The van der Waals surface area contributed by atoms with Gasteiger partial charge >= 0.3 is 0 Å². The Labute approximate surface area is 74.2 Å². The highest BCUT2D eigenvalue weighted by Gasteiger charge is 2.09. The van der Waals surface area contributed by atoms with Gasteiger partial charge in [-0.05, 0) is 31.4 Å². The lowest BCUT2D eigenvalue weighted by Crippen LogP contribution is -1.88. The predicted molar refractivity (Wildman–Crippen MR) is 54.3 cm³/mol. The van der Waals surface area contributed by atoms with E-state index in [1.54, 1.807) is 0 Å². The molecular formula is C10H15OP. The zero-order chi connectivity index (χ0) is 9.19. The quantitative estimate of drug-likeness (QED) is 0.642. The molecule has 1 aromatic carbocycles. The lowest BCUT2D eigenvalue weighted by Gasteiger charge is -2.08. The van der Waals surface area contributed by atoms with Gasteiger partial charge in [0, 0.05) is 6.16 Å². The van der Waals surface area contributed by atoms with Gasteiger partial charge in [-0.2, -0.15) is 0 Å². The van der Waals surface area contributed by atoms with Crippen LogP contribution in [0.15, 0.2) is 24.3 Å². The lowest BCUT2D eigenvalue weighted by molar-refractivity contribution is 0.582. The van der Waals surface area contributed by atoms with Gasteiger partial charge in [-0.1, -0.05) is 24.3 Å². The maximum Gasteiger partial charge on any atom is 0.0861 e. The third kappa shape index (κ3) is 2.83. The van der Waals surface area contributed by atoms with E-state index in [9.17, 15) is 4.57 Å². The Morgan fingerprint density at radius 2 is 1.83 bits per heavy atom. The van der Waals surface area contributed by atoms with E-state index in [1.807, 2.05) is 25.5 Å². The van der Waals surface area contributed by atoms with Crippen LogP contribution in [0.3, 0.4) is 0 Å². The lowest BCUT2D eigenvalue weighted by atomic mass is 10.1. The predicted octanol–water partition coefficient (Wildman–Crippen LogP) is 3.12. The second-order valence-corrected chi connectivity index (χ2v) is 7.12. The molecule has 0 bridgehead atoms. The summed E-state index contributed by atoms with van der Waals surface area (Å²) in [6.45, 7) is 5.73. The fourth-order valence-electron chi connectivity index (χ4n) is 1.20. The second-order valence-electron chi connectivity index (χ2n) is 3.66. The van der Waals surface area contributed by atoms with Gasteiger partial charge < -0.3 is 4.57 Å². The van der Waals surface area contributed by atoms with E-state index in [0.29, 0.717) is 0 Å². The van der Waals surface area contributed by atoms with Gasteiger partial charge in [0.05, 0.1) is 7.14 Å². The van der Waals surface area contributed by atoms with Crippen LogP contribution in [-0.4, -0.2) is 13.3 Å². The van der Waals surface area contributed by atoms with Gasteiger partial charge in [0.25, 0.3) is 0 Å². The van der Waals surface area contributed by atoms with Crippen molar-refractivity contribution in [1.82, 2.24) is 0 Å². The average molecular weight is 182 g/mol. The SMILES string of the molecule is Cc1ccccc1CP(C)(C)=O. The molecule has 1 rings (SSSR count). The molecule has 66 valence electrons. The Kier molecular flexibility index (Phi) is 2.74. The molecule has 0 aliphatic carbocycles. The first-order valence-corrected chi connectivity index (χ1v) is 6.86. The highest BCUT2D eigenvalue weighted by atomic mass is 31.2. The van der Waals surface area contributed by atoms with Gasteiger partial charge in [0.15, 0.2) is 0 Å². The summed E-state index contributed by atoms with van der Waals surface area (Å²) in [6, 6.07) is 8.12. The molecule has 0 heterocycles. The van der Waals surface area contributed by atoms with Crippen molar-refractivity contribution in [1.29, 1.82) is 0 Å². The molecule has 0 radical (unpaired) electrons. The summed E-state index contributed by atoms with van der Waals surface area (Å²) in [6.07, 6.45) is 0.722. The molecule has 0 aliphatic rings. The van der Waals surface area contributed by atoms with Crippen LogP contribution in [0.2, 0.25) is 0 Å².